The third kappa shape index (κ3) is 5.37. The van der Waals surface area contributed by atoms with E-state index in [2.05, 4.69) is 92.9 Å². The van der Waals surface area contributed by atoms with Crippen molar-refractivity contribution >= 4 is 57.2 Å². The van der Waals surface area contributed by atoms with Gasteiger partial charge in [-0.1, -0.05) is 78.0 Å². The first-order chi connectivity index (χ1) is 15.9. The summed E-state index contributed by atoms with van der Waals surface area (Å²) in [6.07, 6.45) is 1.44. The quantitative estimate of drug-likeness (QED) is 0.225. The molecule has 12 heteroatoms. The Morgan fingerprint density at radius 1 is 1.12 bits per heavy atom. The minimum absolute atomic E-state index is 0.208. The van der Waals surface area contributed by atoms with Gasteiger partial charge in [-0.15, -0.1) is 0 Å². The number of ether oxygens (including phenoxy) is 1. The third-order valence-corrected chi connectivity index (χ3v) is 16.1. The number of nitrogens with zero attached hydrogens (tertiary/aromatic N) is 4. The first-order valence-electron chi connectivity index (χ1n) is 12.0. The van der Waals surface area contributed by atoms with E-state index in [1.54, 1.807) is 6.33 Å². The fraction of sp³-hybridized carbons (Fsp3) is 0.773. The third-order valence-electron chi connectivity index (χ3n) is 6.45. The summed E-state index contributed by atoms with van der Waals surface area (Å²) in [4.78, 5) is 12.7. The van der Waals surface area contributed by atoms with E-state index in [0.717, 1.165) is 0 Å². The number of aromatic nitrogens is 4. The number of alkyl halides is 1. The van der Waals surface area contributed by atoms with Crippen LogP contribution in [0, 0.1) is 0 Å². The van der Waals surface area contributed by atoms with Crippen molar-refractivity contribution in [3.8, 4) is 0 Å². The summed E-state index contributed by atoms with van der Waals surface area (Å²) in [5.74, 6) is 0.321. The van der Waals surface area contributed by atoms with E-state index in [-0.39, 0.29) is 21.6 Å². The number of hydrogen-bond donors (Lipinski definition) is 2. The van der Waals surface area contributed by atoms with Crippen LogP contribution >= 0.6 is 22.6 Å². The minimum atomic E-state index is -2.60. The molecule has 1 unspecified atom stereocenters. The lowest BCUT2D eigenvalue weighted by Gasteiger charge is -2.42. The molecule has 1 fully saturated rings. The van der Waals surface area contributed by atoms with Crippen molar-refractivity contribution in [2.45, 2.75) is 99.9 Å². The Labute approximate surface area is 219 Å². The molecule has 34 heavy (non-hydrogen) atoms. The molecule has 0 aromatic carbocycles. The second kappa shape index (κ2) is 11.2. The monoisotopic (exact) mass is 620 g/mol. The van der Waals surface area contributed by atoms with Crippen molar-refractivity contribution in [1.82, 2.24) is 19.5 Å². The van der Waals surface area contributed by atoms with Crippen molar-refractivity contribution in [3.63, 3.8) is 0 Å². The molecule has 3 N–H and O–H groups in total. The lowest BCUT2D eigenvalue weighted by atomic mass is 10.2. The van der Waals surface area contributed by atoms with Gasteiger partial charge < -0.3 is 24.1 Å². The summed E-state index contributed by atoms with van der Waals surface area (Å²) in [5.41, 5.74) is 8.57. The summed E-state index contributed by atoms with van der Waals surface area (Å²) in [6.45, 7) is 18.1. The molecule has 0 bridgehead atoms. The molecule has 2 aromatic heterocycles. The Kier molecular flexibility index (Phi) is 9.18. The summed E-state index contributed by atoms with van der Waals surface area (Å²) in [6, 6.07) is 0. The first kappa shape index (κ1) is 27.9. The van der Waals surface area contributed by atoms with Crippen LogP contribution < -0.4 is 5.73 Å². The van der Waals surface area contributed by atoms with Gasteiger partial charge in [0.25, 0.3) is 0 Å². The SMILES string of the molecule is CC(C)[Si](O[Si](OC[C@H]1O[C@@H](n2cnc3c(N)ncnc32)[C@@H](I)C1O)(C(C)C)C(C)C)C(C)C. The van der Waals surface area contributed by atoms with Crippen molar-refractivity contribution in [2.75, 3.05) is 12.3 Å². The summed E-state index contributed by atoms with van der Waals surface area (Å²) in [5, 5.41) is 11.1. The largest absolute Gasteiger partial charge is 0.435 e. The predicted molar refractivity (Wildman–Crippen MR) is 146 cm³/mol. The number of imidazole rings is 1. The molecule has 3 heterocycles. The molecule has 0 amide bonds. The van der Waals surface area contributed by atoms with Gasteiger partial charge in [0, 0.05) is 0 Å². The molecular weight excluding hydrogens is 581 g/mol. The first-order valence-corrected chi connectivity index (χ1v) is 16.8. The number of hydrogen-bond acceptors (Lipinski definition) is 8. The van der Waals surface area contributed by atoms with Crippen molar-refractivity contribution in [2.24, 2.45) is 0 Å². The number of nitrogen functional groups attached to an aromatic ring is 1. The van der Waals surface area contributed by atoms with Gasteiger partial charge >= 0.3 is 8.56 Å². The molecule has 2 aromatic rings. The van der Waals surface area contributed by atoms with Gasteiger partial charge in [-0.05, 0) is 22.2 Å². The number of nitrogens with two attached hydrogens (primary N) is 1. The van der Waals surface area contributed by atoms with Crippen LogP contribution in [0.2, 0.25) is 22.2 Å². The Hall–Kier alpha value is -0.646. The second-order valence-electron chi connectivity index (χ2n) is 10.2. The van der Waals surface area contributed by atoms with Crippen molar-refractivity contribution in [3.05, 3.63) is 12.7 Å². The fourth-order valence-corrected chi connectivity index (χ4v) is 14.9. The van der Waals surface area contributed by atoms with Crippen LogP contribution in [0.5, 0.6) is 0 Å². The molecule has 1 aliphatic heterocycles. The van der Waals surface area contributed by atoms with Gasteiger partial charge in [-0.25, -0.2) is 15.0 Å². The van der Waals surface area contributed by atoms with Crippen LogP contribution in [0.1, 0.15) is 61.6 Å². The lowest BCUT2D eigenvalue weighted by Crippen LogP contribution is -2.54. The summed E-state index contributed by atoms with van der Waals surface area (Å²) < 4.78 is 21.7. The molecule has 0 saturated carbocycles. The van der Waals surface area contributed by atoms with Gasteiger partial charge in [-0.3, -0.25) is 4.57 Å². The number of rotatable bonds is 10. The highest BCUT2D eigenvalue weighted by Gasteiger charge is 2.50. The van der Waals surface area contributed by atoms with Gasteiger partial charge in [0.05, 0.1) is 23.0 Å². The van der Waals surface area contributed by atoms with E-state index in [4.69, 9.17) is 19.0 Å². The van der Waals surface area contributed by atoms with Gasteiger partial charge in [0.1, 0.15) is 17.9 Å². The Balaban J connectivity index is 1.82. The average Bonchev–Trinajstić information content (AvgIpc) is 3.30. The topological polar surface area (TPSA) is 118 Å². The highest BCUT2D eigenvalue weighted by Crippen LogP contribution is 2.41. The van der Waals surface area contributed by atoms with E-state index in [1.807, 2.05) is 4.57 Å². The van der Waals surface area contributed by atoms with Crippen LogP contribution in [0.15, 0.2) is 12.7 Å². The fourth-order valence-electron chi connectivity index (χ4n) is 4.69. The van der Waals surface area contributed by atoms with Crippen molar-refractivity contribution < 1.29 is 18.4 Å². The zero-order valence-corrected chi connectivity index (χ0v) is 25.6. The summed E-state index contributed by atoms with van der Waals surface area (Å²) >= 11 is 2.23. The molecule has 1 aliphatic rings. The van der Waals surface area contributed by atoms with E-state index < -0.39 is 36.0 Å². The van der Waals surface area contributed by atoms with Gasteiger partial charge in [0.2, 0.25) is 9.04 Å². The second-order valence-corrected chi connectivity index (χ2v) is 19.6. The van der Waals surface area contributed by atoms with E-state index in [0.29, 0.717) is 28.1 Å². The maximum atomic E-state index is 11.1. The van der Waals surface area contributed by atoms with Crippen LogP contribution in [0.3, 0.4) is 0 Å². The van der Waals surface area contributed by atoms with Crippen molar-refractivity contribution in [1.29, 1.82) is 0 Å². The number of anilines is 1. The highest BCUT2D eigenvalue weighted by atomic mass is 127. The van der Waals surface area contributed by atoms with Gasteiger partial charge in [0.15, 0.2) is 17.7 Å². The standard InChI is InChI=1S/C22H39IN5O4Si2/c1-12(2)33(13(3)4)32-34(14(5)6,15(7)8)30-9-16-19(29)17(23)22(31-16)28-11-27-18-20(24)25-10-26-21(18)28/h10-17,19,22,29H,9H2,1-8H3,(H2,24,25,26)/t16-,17+,19?,22-/m1/s1. The number of aliphatic hydroxyl groups excluding tert-OH is 1. The highest BCUT2D eigenvalue weighted by molar-refractivity contribution is 14.1. The average molecular weight is 621 g/mol. The van der Waals surface area contributed by atoms with Crippen LogP contribution in [0.25, 0.3) is 11.2 Å². The zero-order valence-electron chi connectivity index (χ0n) is 21.4. The molecule has 0 aliphatic carbocycles. The molecule has 191 valence electrons. The lowest BCUT2D eigenvalue weighted by molar-refractivity contribution is -0.0437. The molecule has 0 spiro atoms. The minimum Gasteiger partial charge on any atom is -0.435 e. The molecule has 9 nitrogen and oxygen atoms in total. The number of fused-ring (bicyclic) bond motifs is 1. The smallest absolute Gasteiger partial charge is 0.333 e. The molecule has 1 radical (unpaired) electrons. The Morgan fingerprint density at radius 2 is 1.74 bits per heavy atom. The van der Waals surface area contributed by atoms with Crippen LogP contribution in [-0.4, -0.2) is 65.0 Å². The normalized spacial score (nSPS) is 24.1. The molecule has 4 atom stereocenters. The summed E-state index contributed by atoms with van der Waals surface area (Å²) in [7, 11) is -3.68. The van der Waals surface area contributed by atoms with Crippen LogP contribution in [0.4, 0.5) is 5.82 Å². The van der Waals surface area contributed by atoms with E-state index >= 15 is 0 Å². The molecular formula is C22H39IN5O4Si2. The van der Waals surface area contributed by atoms with Crippen LogP contribution in [-0.2, 0) is 13.3 Å². The molecule has 1 saturated heterocycles. The van der Waals surface area contributed by atoms with Gasteiger partial charge in [-0.2, -0.15) is 0 Å². The Morgan fingerprint density at radius 3 is 2.29 bits per heavy atom. The maximum absolute atomic E-state index is 11.1. The van der Waals surface area contributed by atoms with E-state index in [1.165, 1.54) is 6.33 Å². The van der Waals surface area contributed by atoms with E-state index in [9.17, 15) is 5.11 Å². The number of aliphatic hydroxyl groups is 1. The molecule has 3 rings (SSSR count). The maximum Gasteiger partial charge on any atom is 0.333 e. The number of halogens is 1. The zero-order chi connectivity index (χ0) is 25.4. The Bertz CT molecular complexity index is 945. The predicted octanol–water partition coefficient (Wildman–Crippen LogP) is 4.58.